The predicted octanol–water partition coefficient (Wildman–Crippen LogP) is 3.74. The van der Waals surface area contributed by atoms with Crippen LogP contribution in [-0.4, -0.2) is 9.97 Å². The Balaban J connectivity index is 2.23. The highest BCUT2D eigenvalue weighted by atomic mass is 35.5. The number of aromatic nitrogens is 2. The number of nitrogens with zero attached hydrogens (tertiary/aromatic N) is 1. The molecule has 22 heavy (non-hydrogen) atoms. The van der Waals surface area contributed by atoms with E-state index in [1.165, 1.54) is 24.7 Å². The molecule has 0 fully saturated rings. The Hall–Kier alpha value is -2.46. The lowest BCUT2D eigenvalue weighted by molar-refractivity contribution is 0.626. The summed E-state index contributed by atoms with van der Waals surface area (Å²) >= 11 is 6.30. The molecule has 1 unspecified atom stereocenters. The zero-order valence-corrected chi connectivity index (χ0v) is 12.2. The summed E-state index contributed by atoms with van der Waals surface area (Å²) in [5.41, 5.74) is 1.76. The Morgan fingerprint density at radius 2 is 1.77 bits per heavy atom. The lowest BCUT2D eigenvalue weighted by atomic mass is 9.86. The first-order valence-electron chi connectivity index (χ1n) is 6.69. The third-order valence-corrected chi connectivity index (χ3v) is 3.82. The van der Waals surface area contributed by atoms with Gasteiger partial charge in [0, 0.05) is 22.7 Å². The average Bonchev–Trinajstić information content (AvgIpc) is 2.53. The maximum Gasteiger partial charge on any atom is 0.254 e. The lowest BCUT2D eigenvalue weighted by Gasteiger charge is -2.18. The Kier molecular flexibility index (Phi) is 4.02. The van der Waals surface area contributed by atoms with Crippen LogP contribution in [0.15, 0.2) is 65.8 Å². The van der Waals surface area contributed by atoms with Gasteiger partial charge in [0.05, 0.1) is 6.33 Å². The van der Waals surface area contributed by atoms with Gasteiger partial charge in [0.1, 0.15) is 5.82 Å². The molecule has 0 bridgehead atoms. The molecule has 110 valence electrons. The fourth-order valence-electron chi connectivity index (χ4n) is 2.45. The van der Waals surface area contributed by atoms with Crippen molar-refractivity contribution in [3.05, 3.63) is 98.9 Å². The third-order valence-electron chi connectivity index (χ3n) is 3.48. The van der Waals surface area contributed by atoms with Gasteiger partial charge >= 0.3 is 0 Å². The Morgan fingerprint density at radius 3 is 2.45 bits per heavy atom. The van der Waals surface area contributed by atoms with Crippen molar-refractivity contribution in [2.24, 2.45) is 0 Å². The molecule has 3 rings (SSSR count). The van der Waals surface area contributed by atoms with Gasteiger partial charge in [-0.25, -0.2) is 9.37 Å². The summed E-state index contributed by atoms with van der Waals surface area (Å²) in [4.78, 5) is 18.7. The second kappa shape index (κ2) is 6.12. The molecule has 0 aliphatic heterocycles. The minimum Gasteiger partial charge on any atom is -0.313 e. The van der Waals surface area contributed by atoms with Crippen LogP contribution >= 0.6 is 11.6 Å². The topological polar surface area (TPSA) is 45.8 Å². The van der Waals surface area contributed by atoms with E-state index in [-0.39, 0.29) is 11.4 Å². The standard InChI is InChI=1S/C17H12ClFN2O/c18-15-4-2-1-3-13(15)16(11-5-7-12(19)8-6-11)14-9-20-10-21-17(14)22/h1-10,16H,(H,20,21,22). The molecule has 5 heteroatoms. The van der Waals surface area contributed by atoms with Crippen molar-refractivity contribution < 1.29 is 4.39 Å². The molecule has 0 saturated carbocycles. The molecule has 0 amide bonds. The molecule has 1 atom stereocenters. The highest BCUT2D eigenvalue weighted by molar-refractivity contribution is 6.31. The van der Waals surface area contributed by atoms with E-state index in [1.54, 1.807) is 18.2 Å². The summed E-state index contributed by atoms with van der Waals surface area (Å²) in [7, 11) is 0. The Labute approximate surface area is 131 Å². The molecular weight excluding hydrogens is 303 g/mol. The fourth-order valence-corrected chi connectivity index (χ4v) is 2.70. The number of halogens is 2. The summed E-state index contributed by atoms with van der Waals surface area (Å²) in [6.07, 6.45) is 2.84. The van der Waals surface area contributed by atoms with E-state index in [0.29, 0.717) is 10.6 Å². The van der Waals surface area contributed by atoms with Gasteiger partial charge in [-0.3, -0.25) is 4.79 Å². The first-order chi connectivity index (χ1) is 10.7. The Bertz CT molecular complexity index is 846. The highest BCUT2D eigenvalue weighted by Gasteiger charge is 2.22. The predicted molar refractivity (Wildman–Crippen MR) is 83.7 cm³/mol. The molecule has 0 aliphatic rings. The van der Waals surface area contributed by atoms with Crippen molar-refractivity contribution in [1.29, 1.82) is 0 Å². The third kappa shape index (κ3) is 2.78. The largest absolute Gasteiger partial charge is 0.313 e. The van der Waals surface area contributed by atoms with Crippen molar-refractivity contribution in [2.45, 2.75) is 5.92 Å². The molecule has 0 spiro atoms. The minimum atomic E-state index is -0.410. The average molecular weight is 315 g/mol. The second-order valence-corrected chi connectivity index (χ2v) is 5.25. The van der Waals surface area contributed by atoms with E-state index in [9.17, 15) is 9.18 Å². The van der Waals surface area contributed by atoms with E-state index < -0.39 is 5.92 Å². The molecule has 1 heterocycles. The maximum atomic E-state index is 13.2. The number of nitrogens with one attached hydrogen (secondary N) is 1. The first kappa shape index (κ1) is 14.5. The summed E-state index contributed by atoms with van der Waals surface area (Å²) in [6, 6.07) is 13.3. The van der Waals surface area contributed by atoms with E-state index in [0.717, 1.165) is 11.1 Å². The first-order valence-corrected chi connectivity index (χ1v) is 7.07. The van der Waals surface area contributed by atoms with Crippen LogP contribution in [0.5, 0.6) is 0 Å². The van der Waals surface area contributed by atoms with E-state index in [4.69, 9.17) is 11.6 Å². The lowest BCUT2D eigenvalue weighted by Crippen LogP contribution is -2.18. The van der Waals surface area contributed by atoms with E-state index in [1.807, 2.05) is 18.2 Å². The van der Waals surface area contributed by atoms with Crippen molar-refractivity contribution >= 4 is 11.6 Å². The molecule has 3 nitrogen and oxygen atoms in total. The van der Waals surface area contributed by atoms with Gasteiger partial charge in [0.15, 0.2) is 0 Å². The number of rotatable bonds is 3. The second-order valence-electron chi connectivity index (χ2n) is 4.84. The monoisotopic (exact) mass is 314 g/mol. The van der Waals surface area contributed by atoms with Crippen molar-refractivity contribution in [3.63, 3.8) is 0 Å². The smallest absolute Gasteiger partial charge is 0.254 e. The summed E-state index contributed by atoms with van der Waals surface area (Å²) in [6.45, 7) is 0. The zero-order valence-electron chi connectivity index (χ0n) is 11.5. The molecule has 0 aliphatic carbocycles. The van der Waals surface area contributed by atoms with Gasteiger partial charge in [-0.05, 0) is 29.3 Å². The van der Waals surface area contributed by atoms with Crippen LogP contribution in [0.4, 0.5) is 4.39 Å². The number of aromatic amines is 1. The summed E-state index contributed by atoms with van der Waals surface area (Å²) in [5.74, 6) is -0.742. The molecule has 0 saturated heterocycles. The summed E-state index contributed by atoms with van der Waals surface area (Å²) < 4.78 is 13.2. The molecule has 1 aromatic heterocycles. The molecular formula is C17H12ClFN2O. The minimum absolute atomic E-state index is 0.246. The Morgan fingerprint density at radius 1 is 1.05 bits per heavy atom. The number of H-pyrrole nitrogens is 1. The molecule has 3 aromatic rings. The van der Waals surface area contributed by atoms with Gasteiger partial charge in [-0.2, -0.15) is 0 Å². The van der Waals surface area contributed by atoms with Crippen molar-refractivity contribution in [2.75, 3.05) is 0 Å². The number of benzene rings is 2. The van der Waals surface area contributed by atoms with Crippen LogP contribution in [0.1, 0.15) is 22.6 Å². The fraction of sp³-hybridized carbons (Fsp3) is 0.0588. The van der Waals surface area contributed by atoms with Gasteiger partial charge in [-0.15, -0.1) is 0 Å². The van der Waals surface area contributed by atoms with Gasteiger partial charge in [0.2, 0.25) is 0 Å². The highest BCUT2D eigenvalue weighted by Crippen LogP contribution is 2.34. The number of hydrogen-bond acceptors (Lipinski definition) is 2. The molecule has 1 N–H and O–H groups in total. The molecule has 0 radical (unpaired) electrons. The van der Waals surface area contributed by atoms with Crippen LogP contribution in [0.25, 0.3) is 0 Å². The van der Waals surface area contributed by atoms with Gasteiger partial charge in [0.25, 0.3) is 5.56 Å². The van der Waals surface area contributed by atoms with Crippen LogP contribution < -0.4 is 5.56 Å². The van der Waals surface area contributed by atoms with Crippen LogP contribution in [0, 0.1) is 5.82 Å². The van der Waals surface area contributed by atoms with Crippen molar-refractivity contribution in [1.82, 2.24) is 9.97 Å². The van der Waals surface area contributed by atoms with Crippen LogP contribution in [0.3, 0.4) is 0 Å². The number of hydrogen-bond donors (Lipinski definition) is 1. The van der Waals surface area contributed by atoms with Crippen molar-refractivity contribution in [3.8, 4) is 0 Å². The van der Waals surface area contributed by atoms with E-state index in [2.05, 4.69) is 9.97 Å². The van der Waals surface area contributed by atoms with Gasteiger partial charge < -0.3 is 4.98 Å². The summed E-state index contributed by atoms with van der Waals surface area (Å²) in [5, 5.41) is 0.542. The SMILES string of the molecule is O=c1[nH]cncc1C(c1ccc(F)cc1)c1ccccc1Cl. The van der Waals surface area contributed by atoms with Crippen LogP contribution in [0.2, 0.25) is 5.02 Å². The quantitative estimate of drug-likeness (QED) is 0.800. The zero-order chi connectivity index (χ0) is 15.5. The maximum absolute atomic E-state index is 13.2. The van der Waals surface area contributed by atoms with Crippen LogP contribution in [-0.2, 0) is 0 Å². The van der Waals surface area contributed by atoms with E-state index >= 15 is 0 Å². The normalized spacial score (nSPS) is 12.1. The molecule has 2 aromatic carbocycles. The van der Waals surface area contributed by atoms with Gasteiger partial charge in [-0.1, -0.05) is 41.9 Å².